The molecule has 0 N–H and O–H groups in total. The van der Waals surface area contributed by atoms with Crippen molar-refractivity contribution < 1.29 is 42.7 Å². The smallest absolute Gasteiger partial charge is 0.343 e. The standard InChI is InChI=1S/C9H16F3.Na/c1-2-3-4-5-6-7-8-9(10,11)12;/h1-8H2;/q-1;+1. The van der Waals surface area contributed by atoms with Crippen molar-refractivity contribution in [2.45, 2.75) is 51.1 Å². The second-order valence-corrected chi connectivity index (χ2v) is 2.99. The van der Waals surface area contributed by atoms with Gasteiger partial charge in [0.15, 0.2) is 0 Å². The summed E-state index contributed by atoms with van der Waals surface area (Å²) in [4.78, 5) is 0. The van der Waals surface area contributed by atoms with Crippen LogP contribution in [-0.4, -0.2) is 6.18 Å². The Bertz CT molecular complexity index is 102. The third-order valence-electron chi connectivity index (χ3n) is 1.71. The average molecular weight is 204 g/mol. The van der Waals surface area contributed by atoms with Gasteiger partial charge in [-0.2, -0.15) is 19.6 Å². The van der Waals surface area contributed by atoms with Gasteiger partial charge in [0, 0.05) is 6.42 Å². The molecule has 0 saturated carbocycles. The quantitative estimate of drug-likeness (QED) is 0.345. The molecule has 0 saturated heterocycles. The van der Waals surface area contributed by atoms with Crippen LogP contribution >= 0.6 is 0 Å². The Morgan fingerprint density at radius 1 is 0.846 bits per heavy atom. The fraction of sp³-hybridized carbons (Fsp3) is 0.889. The molecule has 0 aromatic rings. The van der Waals surface area contributed by atoms with Crippen LogP contribution in [0.5, 0.6) is 0 Å². The molecule has 0 aliphatic heterocycles. The van der Waals surface area contributed by atoms with E-state index in [1.165, 1.54) is 0 Å². The summed E-state index contributed by atoms with van der Waals surface area (Å²) in [5.74, 6) is 0. The molecule has 0 bridgehead atoms. The van der Waals surface area contributed by atoms with Gasteiger partial charge in [-0.25, -0.2) is 0 Å². The minimum absolute atomic E-state index is 0. The molecule has 0 aromatic carbocycles. The van der Waals surface area contributed by atoms with E-state index in [9.17, 15) is 13.2 Å². The zero-order valence-electron chi connectivity index (χ0n) is 8.29. The topological polar surface area (TPSA) is 0 Å². The molecule has 0 spiro atoms. The first kappa shape index (κ1) is 16.2. The van der Waals surface area contributed by atoms with Crippen LogP contribution in [0.2, 0.25) is 0 Å². The SMILES string of the molecule is [CH2-]CCCCCCCC(F)(F)F.[Na+]. The normalized spacial score (nSPS) is 11.1. The second-order valence-electron chi connectivity index (χ2n) is 2.99. The molecule has 74 valence electrons. The first-order chi connectivity index (χ1) is 5.56. The molecule has 4 heteroatoms. The number of hydrogen-bond acceptors (Lipinski definition) is 0. The van der Waals surface area contributed by atoms with Gasteiger partial charge in [-0.05, 0) is 6.42 Å². The molecular formula is C9H16F3Na. The minimum Gasteiger partial charge on any atom is -0.343 e. The summed E-state index contributed by atoms with van der Waals surface area (Å²) in [5, 5.41) is 0. The van der Waals surface area contributed by atoms with Crippen molar-refractivity contribution in [1.82, 2.24) is 0 Å². The van der Waals surface area contributed by atoms with E-state index in [0.29, 0.717) is 6.42 Å². The third-order valence-corrected chi connectivity index (χ3v) is 1.71. The molecule has 0 rings (SSSR count). The molecule has 0 fully saturated rings. The zero-order valence-corrected chi connectivity index (χ0v) is 10.3. The van der Waals surface area contributed by atoms with Gasteiger partial charge in [-0.15, -0.1) is 0 Å². The van der Waals surface area contributed by atoms with E-state index in [4.69, 9.17) is 0 Å². The Hall–Kier alpha value is 0.790. The maximum absolute atomic E-state index is 11.6. The molecule has 0 radical (unpaired) electrons. The van der Waals surface area contributed by atoms with Crippen molar-refractivity contribution in [3.63, 3.8) is 0 Å². The molecule has 0 aromatic heterocycles. The summed E-state index contributed by atoms with van der Waals surface area (Å²) in [5.41, 5.74) is 0. The van der Waals surface area contributed by atoms with Crippen LogP contribution in [0, 0.1) is 6.92 Å². The van der Waals surface area contributed by atoms with E-state index in [1.54, 1.807) is 0 Å². The van der Waals surface area contributed by atoms with Crippen molar-refractivity contribution in [3.05, 3.63) is 6.92 Å². The zero-order chi connectivity index (χ0) is 9.45. The Labute approximate surface area is 101 Å². The van der Waals surface area contributed by atoms with E-state index >= 15 is 0 Å². The van der Waals surface area contributed by atoms with E-state index < -0.39 is 12.6 Å². The van der Waals surface area contributed by atoms with Crippen LogP contribution in [0.3, 0.4) is 0 Å². The van der Waals surface area contributed by atoms with Crippen molar-refractivity contribution in [3.8, 4) is 0 Å². The molecule has 0 aliphatic carbocycles. The minimum atomic E-state index is -3.97. The predicted octanol–water partition coefficient (Wildman–Crippen LogP) is 1.12. The summed E-state index contributed by atoms with van der Waals surface area (Å²) < 4.78 is 34.9. The largest absolute Gasteiger partial charge is 1.00 e. The maximum Gasteiger partial charge on any atom is 1.00 e. The fourth-order valence-corrected chi connectivity index (χ4v) is 1.03. The molecule has 13 heavy (non-hydrogen) atoms. The van der Waals surface area contributed by atoms with Crippen LogP contribution in [0.25, 0.3) is 0 Å². The van der Waals surface area contributed by atoms with Gasteiger partial charge in [-0.3, -0.25) is 0 Å². The molecule has 0 unspecified atom stereocenters. The van der Waals surface area contributed by atoms with Gasteiger partial charge in [0.2, 0.25) is 0 Å². The molecule has 0 nitrogen and oxygen atoms in total. The Kier molecular flexibility index (Phi) is 11.7. The average Bonchev–Trinajstić information content (AvgIpc) is 1.94. The summed E-state index contributed by atoms with van der Waals surface area (Å²) >= 11 is 0. The molecular weight excluding hydrogens is 188 g/mol. The Morgan fingerprint density at radius 2 is 1.31 bits per heavy atom. The van der Waals surface area contributed by atoms with Crippen molar-refractivity contribution in [2.75, 3.05) is 0 Å². The first-order valence-electron chi connectivity index (χ1n) is 4.42. The van der Waals surface area contributed by atoms with Gasteiger partial charge in [-0.1, -0.05) is 25.7 Å². The maximum atomic E-state index is 11.6. The number of alkyl halides is 3. The van der Waals surface area contributed by atoms with Crippen molar-refractivity contribution >= 4 is 0 Å². The van der Waals surface area contributed by atoms with Crippen LogP contribution in [0.15, 0.2) is 0 Å². The van der Waals surface area contributed by atoms with Gasteiger partial charge < -0.3 is 6.92 Å². The summed E-state index contributed by atoms with van der Waals surface area (Å²) in [6.45, 7) is 3.66. The van der Waals surface area contributed by atoms with Crippen molar-refractivity contribution in [1.29, 1.82) is 0 Å². The second kappa shape index (κ2) is 9.35. The first-order valence-corrected chi connectivity index (χ1v) is 4.42. The van der Waals surface area contributed by atoms with E-state index in [-0.39, 0.29) is 36.0 Å². The summed E-state index contributed by atoms with van der Waals surface area (Å²) in [6.07, 6.45) is 0.224. The summed E-state index contributed by atoms with van der Waals surface area (Å²) in [7, 11) is 0. The van der Waals surface area contributed by atoms with Crippen LogP contribution in [0.1, 0.15) is 44.9 Å². The fourth-order valence-electron chi connectivity index (χ4n) is 1.03. The number of halogens is 3. The molecule has 0 heterocycles. The Balaban J connectivity index is 0. The van der Waals surface area contributed by atoms with Gasteiger partial charge in [0.1, 0.15) is 0 Å². The number of hydrogen-bond donors (Lipinski definition) is 0. The van der Waals surface area contributed by atoms with Gasteiger partial charge in [0.25, 0.3) is 0 Å². The van der Waals surface area contributed by atoms with Crippen LogP contribution in [0.4, 0.5) is 13.2 Å². The summed E-state index contributed by atoms with van der Waals surface area (Å²) in [6, 6.07) is 0. The number of unbranched alkanes of at least 4 members (excludes halogenated alkanes) is 5. The molecule has 0 atom stereocenters. The van der Waals surface area contributed by atoms with E-state index in [0.717, 1.165) is 25.7 Å². The van der Waals surface area contributed by atoms with E-state index in [2.05, 4.69) is 6.92 Å². The number of rotatable bonds is 6. The van der Waals surface area contributed by atoms with Gasteiger partial charge >= 0.3 is 35.7 Å². The molecule has 0 amide bonds. The molecule has 0 aliphatic rings. The van der Waals surface area contributed by atoms with E-state index in [1.807, 2.05) is 0 Å². The van der Waals surface area contributed by atoms with Crippen LogP contribution < -0.4 is 29.6 Å². The van der Waals surface area contributed by atoms with Crippen molar-refractivity contribution in [2.24, 2.45) is 0 Å². The predicted molar refractivity (Wildman–Crippen MR) is 43.7 cm³/mol. The van der Waals surface area contributed by atoms with Crippen LogP contribution in [-0.2, 0) is 0 Å². The third kappa shape index (κ3) is 15.5. The monoisotopic (exact) mass is 204 g/mol. The Morgan fingerprint density at radius 3 is 1.77 bits per heavy atom. The van der Waals surface area contributed by atoms with Gasteiger partial charge in [0.05, 0.1) is 0 Å².